The fourth-order valence-electron chi connectivity index (χ4n) is 4.12. The predicted molar refractivity (Wildman–Crippen MR) is 129 cm³/mol. The summed E-state index contributed by atoms with van der Waals surface area (Å²) >= 11 is 1.49. The minimum Gasteiger partial charge on any atom is -0.493 e. The molecule has 2 heterocycles. The normalized spacial score (nSPS) is 15.7. The molecule has 1 atom stereocenters. The second kappa shape index (κ2) is 11.1. The monoisotopic (exact) mass is 443 g/mol. The van der Waals surface area contributed by atoms with Crippen LogP contribution >= 0.6 is 11.3 Å². The van der Waals surface area contributed by atoms with E-state index in [0.717, 1.165) is 56.3 Å². The molecule has 1 aliphatic heterocycles. The van der Waals surface area contributed by atoms with E-state index in [4.69, 9.17) is 4.74 Å². The Morgan fingerprint density at radius 1 is 1.23 bits per heavy atom. The summed E-state index contributed by atoms with van der Waals surface area (Å²) in [6.07, 6.45) is 2.23. The van der Waals surface area contributed by atoms with Gasteiger partial charge in [-0.1, -0.05) is 12.1 Å². The summed E-state index contributed by atoms with van der Waals surface area (Å²) < 4.78 is 6.07. The molecule has 1 aromatic heterocycles. The third-order valence-electron chi connectivity index (χ3n) is 6.32. The number of rotatable bonds is 11. The second-order valence-electron chi connectivity index (χ2n) is 8.94. The molecular formula is C25H37N3O2S. The van der Waals surface area contributed by atoms with Crippen molar-refractivity contribution in [3.8, 4) is 5.75 Å². The average Bonchev–Trinajstić information content (AvgIpc) is 3.24. The van der Waals surface area contributed by atoms with Crippen LogP contribution in [0.15, 0.2) is 29.6 Å². The molecule has 31 heavy (non-hydrogen) atoms. The fraction of sp³-hybridized carbons (Fsp3) is 0.560. The Balaban J connectivity index is 1.45. The third-order valence-corrected chi connectivity index (χ3v) is 7.18. The standard InChI is InChI=1S/C25H37N3O2S/c1-18-19(2)23(30-13-7-6-12-27(4)5)11-10-22(18)20(3)28-16-21(17-28)15-26-25(29)24-9-8-14-31-24/h8-11,14,20-21H,6-7,12-13,15-17H2,1-5H3,(H,26,29). The Morgan fingerprint density at radius 2 is 2.00 bits per heavy atom. The van der Waals surface area contributed by atoms with Crippen molar-refractivity contribution in [2.75, 3.05) is 46.9 Å². The van der Waals surface area contributed by atoms with Gasteiger partial charge in [-0.2, -0.15) is 0 Å². The Kier molecular flexibility index (Phi) is 8.52. The number of carbonyl (C=O) groups is 1. The van der Waals surface area contributed by atoms with E-state index in [9.17, 15) is 4.79 Å². The number of likely N-dealkylation sites (tertiary alicyclic amines) is 1. The third kappa shape index (κ3) is 6.31. The van der Waals surface area contributed by atoms with Gasteiger partial charge in [-0.3, -0.25) is 9.69 Å². The zero-order chi connectivity index (χ0) is 22.4. The van der Waals surface area contributed by atoms with Gasteiger partial charge in [-0.25, -0.2) is 0 Å². The van der Waals surface area contributed by atoms with Crippen molar-refractivity contribution in [2.45, 2.75) is 39.7 Å². The maximum Gasteiger partial charge on any atom is 0.261 e. The van der Waals surface area contributed by atoms with Gasteiger partial charge in [0.1, 0.15) is 5.75 Å². The van der Waals surface area contributed by atoms with Crippen LogP contribution in [0.25, 0.3) is 0 Å². The molecule has 1 aromatic carbocycles. The lowest BCUT2D eigenvalue weighted by atomic mass is 9.91. The number of thiophene rings is 1. The van der Waals surface area contributed by atoms with Gasteiger partial charge in [0.2, 0.25) is 0 Å². The van der Waals surface area contributed by atoms with Crippen LogP contribution < -0.4 is 10.1 Å². The molecule has 1 amide bonds. The molecule has 5 nitrogen and oxygen atoms in total. The number of hydrogen-bond donors (Lipinski definition) is 1. The van der Waals surface area contributed by atoms with E-state index in [1.165, 1.54) is 28.0 Å². The van der Waals surface area contributed by atoms with Crippen molar-refractivity contribution < 1.29 is 9.53 Å². The average molecular weight is 444 g/mol. The van der Waals surface area contributed by atoms with Gasteiger partial charge in [-0.05, 0) is 88.5 Å². The molecule has 2 aromatic rings. The van der Waals surface area contributed by atoms with Crippen LogP contribution in [0.2, 0.25) is 0 Å². The predicted octanol–water partition coefficient (Wildman–Crippen LogP) is 4.51. The minimum absolute atomic E-state index is 0.0465. The molecule has 0 aliphatic carbocycles. The molecule has 1 aliphatic rings. The van der Waals surface area contributed by atoms with Crippen LogP contribution in [0.4, 0.5) is 0 Å². The zero-order valence-corrected chi connectivity index (χ0v) is 20.4. The van der Waals surface area contributed by atoms with Gasteiger partial charge in [0.15, 0.2) is 0 Å². The molecule has 0 radical (unpaired) electrons. The van der Waals surface area contributed by atoms with Crippen LogP contribution in [-0.4, -0.2) is 62.6 Å². The Bertz CT molecular complexity index is 845. The Labute approximate surface area is 191 Å². The van der Waals surface area contributed by atoms with Crippen LogP contribution in [0, 0.1) is 19.8 Å². The number of amides is 1. The molecule has 6 heteroatoms. The number of nitrogens with zero attached hydrogens (tertiary/aromatic N) is 2. The summed E-state index contributed by atoms with van der Waals surface area (Å²) in [6.45, 7) is 11.3. The topological polar surface area (TPSA) is 44.8 Å². The van der Waals surface area contributed by atoms with Crippen LogP contribution in [0.3, 0.4) is 0 Å². The first-order valence-corrected chi connectivity index (χ1v) is 12.2. The van der Waals surface area contributed by atoms with Crippen LogP contribution in [-0.2, 0) is 0 Å². The van der Waals surface area contributed by atoms with Crippen molar-refractivity contribution in [1.29, 1.82) is 0 Å². The molecule has 1 fully saturated rings. The van der Waals surface area contributed by atoms with Crippen molar-refractivity contribution >= 4 is 17.2 Å². The molecule has 170 valence electrons. The van der Waals surface area contributed by atoms with Gasteiger partial charge < -0.3 is 15.0 Å². The highest BCUT2D eigenvalue weighted by Crippen LogP contribution is 2.34. The zero-order valence-electron chi connectivity index (χ0n) is 19.6. The smallest absolute Gasteiger partial charge is 0.261 e. The molecule has 1 N–H and O–H groups in total. The van der Waals surface area contributed by atoms with Gasteiger partial charge >= 0.3 is 0 Å². The number of nitrogens with one attached hydrogen (secondary N) is 1. The summed E-state index contributed by atoms with van der Waals surface area (Å²) in [6, 6.07) is 8.53. The van der Waals surface area contributed by atoms with E-state index < -0.39 is 0 Å². The van der Waals surface area contributed by atoms with Crippen LogP contribution in [0.1, 0.15) is 52.2 Å². The SMILES string of the molecule is Cc1c(OCCCCN(C)C)ccc(C(C)N2CC(CNC(=O)c3cccs3)C2)c1C. The number of unbranched alkanes of at least 4 members (excludes halogenated alkanes) is 1. The number of hydrogen-bond acceptors (Lipinski definition) is 5. The van der Waals surface area contributed by atoms with Crippen LogP contribution in [0.5, 0.6) is 5.75 Å². The van der Waals surface area contributed by atoms with Crippen molar-refractivity contribution in [2.24, 2.45) is 5.92 Å². The molecule has 1 saturated heterocycles. The molecule has 0 saturated carbocycles. The summed E-state index contributed by atoms with van der Waals surface area (Å²) in [4.78, 5) is 17.6. The van der Waals surface area contributed by atoms with E-state index >= 15 is 0 Å². The second-order valence-corrected chi connectivity index (χ2v) is 9.89. The van der Waals surface area contributed by atoms with E-state index in [1.807, 2.05) is 17.5 Å². The Hall–Kier alpha value is -1.89. The summed E-state index contributed by atoms with van der Waals surface area (Å²) in [5.74, 6) is 1.58. The summed E-state index contributed by atoms with van der Waals surface area (Å²) in [5, 5.41) is 5.01. The largest absolute Gasteiger partial charge is 0.493 e. The van der Waals surface area contributed by atoms with E-state index in [2.05, 4.69) is 62.1 Å². The first kappa shape index (κ1) is 23.8. The lowest BCUT2D eigenvalue weighted by Crippen LogP contribution is -2.52. The first-order chi connectivity index (χ1) is 14.9. The van der Waals surface area contributed by atoms with Gasteiger partial charge in [-0.15, -0.1) is 11.3 Å². The fourth-order valence-corrected chi connectivity index (χ4v) is 4.76. The minimum atomic E-state index is 0.0465. The van der Waals surface area contributed by atoms with Crippen molar-refractivity contribution in [3.05, 3.63) is 51.2 Å². The van der Waals surface area contributed by atoms with Crippen molar-refractivity contribution in [1.82, 2.24) is 15.1 Å². The van der Waals surface area contributed by atoms with Gasteiger partial charge in [0, 0.05) is 31.6 Å². The number of ether oxygens (including phenoxy) is 1. The van der Waals surface area contributed by atoms with Gasteiger partial charge in [0.05, 0.1) is 11.5 Å². The molecular weight excluding hydrogens is 406 g/mol. The highest BCUT2D eigenvalue weighted by atomic mass is 32.1. The Morgan fingerprint density at radius 3 is 2.68 bits per heavy atom. The molecule has 0 spiro atoms. The lowest BCUT2D eigenvalue weighted by Gasteiger charge is -2.44. The molecule has 0 bridgehead atoms. The highest BCUT2D eigenvalue weighted by molar-refractivity contribution is 7.12. The number of benzene rings is 1. The van der Waals surface area contributed by atoms with Gasteiger partial charge in [0.25, 0.3) is 5.91 Å². The highest BCUT2D eigenvalue weighted by Gasteiger charge is 2.32. The van der Waals surface area contributed by atoms with E-state index in [-0.39, 0.29) is 5.91 Å². The molecule has 1 unspecified atom stereocenters. The molecule has 3 rings (SSSR count). The van der Waals surface area contributed by atoms with E-state index in [0.29, 0.717) is 12.0 Å². The number of carbonyl (C=O) groups excluding carboxylic acids is 1. The van der Waals surface area contributed by atoms with E-state index in [1.54, 1.807) is 0 Å². The summed E-state index contributed by atoms with van der Waals surface area (Å²) in [7, 11) is 4.21. The maximum absolute atomic E-state index is 12.1. The maximum atomic E-state index is 12.1. The van der Waals surface area contributed by atoms with Crippen molar-refractivity contribution in [3.63, 3.8) is 0 Å². The first-order valence-electron chi connectivity index (χ1n) is 11.3. The lowest BCUT2D eigenvalue weighted by molar-refractivity contribution is 0.0570. The summed E-state index contributed by atoms with van der Waals surface area (Å²) in [5.41, 5.74) is 3.95. The quantitative estimate of drug-likeness (QED) is 0.519.